The van der Waals surface area contributed by atoms with Gasteiger partial charge in [-0.2, -0.15) is 11.1 Å². The van der Waals surface area contributed by atoms with E-state index in [0.717, 1.165) is 27.8 Å². The lowest BCUT2D eigenvalue weighted by molar-refractivity contribution is -0.148. The van der Waals surface area contributed by atoms with Gasteiger partial charge in [0.15, 0.2) is 0 Å². The van der Waals surface area contributed by atoms with E-state index in [4.69, 9.17) is 4.74 Å². The molecule has 4 rings (SSSR count). The van der Waals surface area contributed by atoms with Crippen LogP contribution in [0.4, 0.5) is 0 Å². The number of esters is 1. The van der Waals surface area contributed by atoms with E-state index in [9.17, 15) is 4.79 Å². The van der Waals surface area contributed by atoms with E-state index in [2.05, 4.69) is 63.6 Å². The molecule has 0 spiro atoms. The molecule has 172 valence electrons. The summed E-state index contributed by atoms with van der Waals surface area (Å²) in [6.07, 6.45) is -0.0313. The molecule has 1 aliphatic heterocycles. The van der Waals surface area contributed by atoms with Gasteiger partial charge in [-0.3, -0.25) is 4.79 Å². The molecule has 7 heteroatoms. The summed E-state index contributed by atoms with van der Waals surface area (Å²) >= 11 is 0. The molecular formula is C26H31N5O2. The fourth-order valence-corrected chi connectivity index (χ4v) is 3.86. The van der Waals surface area contributed by atoms with Gasteiger partial charge in [-0.1, -0.05) is 92.7 Å². The van der Waals surface area contributed by atoms with Crippen molar-refractivity contribution in [2.24, 2.45) is 5.92 Å². The van der Waals surface area contributed by atoms with E-state index in [1.165, 1.54) is 0 Å². The van der Waals surface area contributed by atoms with Crippen LogP contribution < -0.4 is 27.2 Å². The quantitative estimate of drug-likeness (QED) is 0.323. The Kier molecular flexibility index (Phi) is 7.83. The van der Waals surface area contributed by atoms with Crippen LogP contribution in [0.15, 0.2) is 78.9 Å². The van der Waals surface area contributed by atoms with Crippen molar-refractivity contribution in [2.45, 2.75) is 39.2 Å². The molecule has 0 aliphatic carbocycles. The first-order chi connectivity index (χ1) is 16.1. The summed E-state index contributed by atoms with van der Waals surface area (Å²) in [5.41, 5.74) is 17.5. The second-order valence-electron chi connectivity index (χ2n) is 8.45. The lowest BCUT2D eigenvalue weighted by Gasteiger charge is -2.21. The topological polar surface area (TPSA) is 86.5 Å². The first kappa shape index (κ1) is 23.1. The Morgan fingerprint density at radius 1 is 0.879 bits per heavy atom. The van der Waals surface area contributed by atoms with Crippen LogP contribution in [-0.2, 0) is 22.7 Å². The number of carbonyl (C=O) groups excluding carboxylic acids is 1. The Labute approximate surface area is 194 Å². The van der Waals surface area contributed by atoms with E-state index in [1.54, 1.807) is 0 Å². The SMILES string of the molecule is CC(C)[C@H](NCc1ccc(-c2ccccc2C2NNNN2)cc1)C(=O)OCc1ccccc1. The van der Waals surface area contributed by atoms with Crippen molar-refractivity contribution in [1.82, 2.24) is 27.2 Å². The van der Waals surface area contributed by atoms with Crippen LogP contribution in [0, 0.1) is 5.92 Å². The van der Waals surface area contributed by atoms with E-state index in [1.807, 2.05) is 56.3 Å². The van der Waals surface area contributed by atoms with Gasteiger partial charge in [0.2, 0.25) is 0 Å². The molecular weight excluding hydrogens is 414 g/mol. The molecule has 0 saturated carbocycles. The van der Waals surface area contributed by atoms with Crippen molar-refractivity contribution in [3.05, 3.63) is 95.6 Å². The number of nitrogens with one attached hydrogen (secondary N) is 5. The summed E-state index contributed by atoms with van der Waals surface area (Å²) in [6, 6.07) is 26.1. The maximum absolute atomic E-state index is 12.7. The van der Waals surface area contributed by atoms with Crippen LogP contribution in [0.2, 0.25) is 0 Å². The first-order valence-electron chi connectivity index (χ1n) is 11.2. The zero-order valence-corrected chi connectivity index (χ0v) is 19.0. The second kappa shape index (κ2) is 11.2. The number of rotatable bonds is 9. The smallest absolute Gasteiger partial charge is 0.323 e. The Morgan fingerprint density at radius 3 is 2.24 bits per heavy atom. The molecule has 1 atom stereocenters. The highest BCUT2D eigenvalue weighted by Crippen LogP contribution is 2.27. The van der Waals surface area contributed by atoms with Gasteiger partial charge in [-0.05, 0) is 33.7 Å². The Balaban J connectivity index is 1.37. The third kappa shape index (κ3) is 6.04. The maximum Gasteiger partial charge on any atom is 0.323 e. The van der Waals surface area contributed by atoms with Gasteiger partial charge < -0.3 is 10.1 Å². The van der Waals surface area contributed by atoms with Gasteiger partial charge in [0, 0.05) is 6.54 Å². The van der Waals surface area contributed by atoms with Crippen molar-refractivity contribution < 1.29 is 9.53 Å². The Morgan fingerprint density at radius 2 is 1.55 bits per heavy atom. The monoisotopic (exact) mass is 445 g/mol. The Bertz CT molecular complexity index is 1030. The van der Waals surface area contributed by atoms with Crippen molar-refractivity contribution >= 4 is 5.97 Å². The molecule has 5 N–H and O–H groups in total. The fourth-order valence-electron chi connectivity index (χ4n) is 3.86. The predicted molar refractivity (Wildman–Crippen MR) is 129 cm³/mol. The van der Waals surface area contributed by atoms with Crippen LogP contribution in [0.25, 0.3) is 11.1 Å². The number of ether oxygens (including phenoxy) is 1. The molecule has 0 bridgehead atoms. The average molecular weight is 446 g/mol. The highest BCUT2D eigenvalue weighted by Gasteiger charge is 2.23. The van der Waals surface area contributed by atoms with E-state index in [-0.39, 0.29) is 30.7 Å². The van der Waals surface area contributed by atoms with E-state index in [0.29, 0.717) is 6.54 Å². The van der Waals surface area contributed by atoms with Gasteiger partial charge in [0.1, 0.15) is 18.8 Å². The summed E-state index contributed by atoms with van der Waals surface area (Å²) < 4.78 is 5.56. The molecule has 33 heavy (non-hydrogen) atoms. The van der Waals surface area contributed by atoms with Crippen LogP contribution in [0.3, 0.4) is 0 Å². The average Bonchev–Trinajstić information content (AvgIpc) is 3.39. The van der Waals surface area contributed by atoms with Crippen molar-refractivity contribution in [3.63, 3.8) is 0 Å². The highest BCUT2D eigenvalue weighted by molar-refractivity contribution is 5.76. The molecule has 1 saturated heterocycles. The van der Waals surface area contributed by atoms with Gasteiger partial charge in [-0.25, -0.2) is 10.9 Å². The minimum absolute atomic E-state index is 0.0313. The summed E-state index contributed by atoms with van der Waals surface area (Å²) in [5, 5.41) is 3.38. The number of benzene rings is 3. The summed E-state index contributed by atoms with van der Waals surface area (Å²) in [5.74, 6) is -0.105. The van der Waals surface area contributed by atoms with E-state index < -0.39 is 0 Å². The normalized spacial score (nSPS) is 15.0. The van der Waals surface area contributed by atoms with Gasteiger partial charge in [0.05, 0.1) is 0 Å². The molecule has 0 radical (unpaired) electrons. The van der Waals surface area contributed by atoms with Crippen molar-refractivity contribution in [1.29, 1.82) is 0 Å². The Hall–Kier alpha value is -3.07. The molecule has 1 heterocycles. The molecule has 0 unspecified atom stereocenters. The third-order valence-corrected chi connectivity index (χ3v) is 5.70. The minimum Gasteiger partial charge on any atom is -0.460 e. The van der Waals surface area contributed by atoms with Crippen LogP contribution in [-0.4, -0.2) is 12.0 Å². The summed E-state index contributed by atoms with van der Waals surface area (Å²) in [7, 11) is 0. The second-order valence-corrected chi connectivity index (χ2v) is 8.45. The molecule has 7 nitrogen and oxygen atoms in total. The third-order valence-electron chi connectivity index (χ3n) is 5.70. The number of hydrazine groups is 3. The molecule has 3 aromatic carbocycles. The summed E-state index contributed by atoms with van der Waals surface area (Å²) in [4.78, 5) is 12.7. The lowest BCUT2D eigenvalue weighted by Crippen LogP contribution is -2.41. The molecule has 0 amide bonds. The maximum atomic E-state index is 12.7. The zero-order chi connectivity index (χ0) is 23.0. The molecule has 0 aromatic heterocycles. The first-order valence-corrected chi connectivity index (χ1v) is 11.2. The highest BCUT2D eigenvalue weighted by atomic mass is 16.5. The van der Waals surface area contributed by atoms with Crippen molar-refractivity contribution in [2.75, 3.05) is 0 Å². The van der Waals surface area contributed by atoms with Crippen LogP contribution >= 0.6 is 0 Å². The van der Waals surface area contributed by atoms with Gasteiger partial charge >= 0.3 is 5.97 Å². The number of hydrogen-bond donors (Lipinski definition) is 5. The van der Waals surface area contributed by atoms with Crippen LogP contribution in [0.1, 0.15) is 36.7 Å². The van der Waals surface area contributed by atoms with Gasteiger partial charge in [0.25, 0.3) is 0 Å². The standard InChI is InChI=1S/C26H31N5O2/c1-18(2)24(26(32)33-17-20-8-4-3-5-9-20)27-16-19-12-14-21(15-13-19)22-10-6-7-11-23(22)25-28-30-31-29-25/h3-15,18,24-25,27-31H,16-17H2,1-2H3/t24-/m0/s1. The zero-order valence-electron chi connectivity index (χ0n) is 19.0. The number of carbonyl (C=O) groups is 1. The lowest BCUT2D eigenvalue weighted by atomic mass is 9.97. The van der Waals surface area contributed by atoms with Gasteiger partial charge in [-0.15, -0.1) is 0 Å². The molecule has 3 aromatic rings. The molecule has 1 fully saturated rings. The summed E-state index contributed by atoms with van der Waals surface area (Å²) in [6.45, 7) is 4.92. The molecule has 1 aliphatic rings. The number of hydrogen-bond acceptors (Lipinski definition) is 7. The fraction of sp³-hybridized carbons (Fsp3) is 0.269. The predicted octanol–water partition coefficient (Wildman–Crippen LogP) is 3.33. The minimum atomic E-state index is -0.367. The van der Waals surface area contributed by atoms with Crippen LogP contribution in [0.5, 0.6) is 0 Å². The van der Waals surface area contributed by atoms with Crippen molar-refractivity contribution in [3.8, 4) is 11.1 Å². The van der Waals surface area contributed by atoms with E-state index >= 15 is 0 Å². The largest absolute Gasteiger partial charge is 0.460 e.